The van der Waals surface area contributed by atoms with E-state index >= 15 is 0 Å². The number of nitro groups is 1. The summed E-state index contributed by atoms with van der Waals surface area (Å²) in [7, 11) is 1.52. The molecule has 0 bridgehead atoms. The molecule has 0 radical (unpaired) electrons. The predicted molar refractivity (Wildman–Crippen MR) is 75.0 cm³/mol. The van der Waals surface area contributed by atoms with E-state index in [1.165, 1.54) is 7.11 Å². The van der Waals surface area contributed by atoms with E-state index in [0.717, 1.165) is 28.9 Å². The highest BCUT2D eigenvalue weighted by molar-refractivity contribution is 7.99. The first-order valence-electron chi connectivity index (χ1n) is 5.71. The van der Waals surface area contributed by atoms with Crippen LogP contribution in [-0.2, 0) is 0 Å². The number of carboxylic acid groups (broad SMARTS) is 1. The largest absolute Gasteiger partial charge is 0.497 e. The molecule has 1 aromatic heterocycles. The standard InChI is InChI=1S/C13H10N2O5S/c1-20-9-3-2-4-10(6-9)21-12-11(13(16)17)5-8(7-14-12)15(18)19/h2-7H,1H3,(H,16,17). The molecule has 0 aliphatic rings. The minimum absolute atomic E-state index is 0.182. The van der Waals surface area contributed by atoms with Crippen LogP contribution in [0.15, 0.2) is 46.5 Å². The Balaban J connectivity index is 2.38. The third-order valence-electron chi connectivity index (χ3n) is 2.53. The van der Waals surface area contributed by atoms with E-state index in [9.17, 15) is 14.9 Å². The lowest BCUT2D eigenvalue weighted by atomic mass is 10.3. The van der Waals surface area contributed by atoms with Crippen LogP contribution in [0.2, 0.25) is 0 Å². The molecule has 2 rings (SSSR count). The minimum Gasteiger partial charge on any atom is -0.497 e. The zero-order chi connectivity index (χ0) is 15.4. The molecule has 0 aliphatic heterocycles. The van der Waals surface area contributed by atoms with Gasteiger partial charge < -0.3 is 9.84 Å². The fourth-order valence-electron chi connectivity index (χ4n) is 1.55. The van der Waals surface area contributed by atoms with E-state index in [0.29, 0.717) is 5.75 Å². The summed E-state index contributed by atoms with van der Waals surface area (Å²) in [5.41, 5.74) is -0.570. The van der Waals surface area contributed by atoms with Crippen molar-refractivity contribution in [2.45, 2.75) is 9.92 Å². The molecular weight excluding hydrogens is 296 g/mol. The molecule has 0 amide bonds. The fourth-order valence-corrected chi connectivity index (χ4v) is 2.46. The van der Waals surface area contributed by atoms with E-state index in [1.807, 2.05) is 0 Å². The molecule has 0 aliphatic carbocycles. The van der Waals surface area contributed by atoms with Gasteiger partial charge in [-0.25, -0.2) is 9.78 Å². The van der Waals surface area contributed by atoms with E-state index in [-0.39, 0.29) is 16.3 Å². The first kappa shape index (κ1) is 14.8. The van der Waals surface area contributed by atoms with Crippen LogP contribution in [0.1, 0.15) is 10.4 Å². The Labute approximate surface area is 123 Å². The highest BCUT2D eigenvalue weighted by Crippen LogP contribution is 2.32. The van der Waals surface area contributed by atoms with Crippen LogP contribution >= 0.6 is 11.8 Å². The Kier molecular flexibility index (Phi) is 4.39. The number of benzene rings is 1. The third kappa shape index (κ3) is 3.48. The number of ether oxygens (including phenoxy) is 1. The monoisotopic (exact) mass is 306 g/mol. The summed E-state index contributed by atoms with van der Waals surface area (Å²) in [6.45, 7) is 0. The van der Waals surface area contributed by atoms with Gasteiger partial charge in [-0.15, -0.1) is 0 Å². The van der Waals surface area contributed by atoms with Crippen molar-refractivity contribution in [2.24, 2.45) is 0 Å². The molecule has 1 heterocycles. The van der Waals surface area contributed by atoms with Crippen molar-refractivity contribution in [3.8, 4) is 5.75 Å². The average Bonchev–Trinajstić information content (AvgIpc) is 2.47. The summed E-state index contributed by atoms with van der Waals surface area (Å²) in [5, 5.41) is 20.0. The molecule has 0 atom stereocenters. The first-order valence-corrected chi connectivity index (χ1v) is 6.52. The van der Waals surface area contributed by atoms with Gasteiger partial charge in [0.15, 0.2) is 0 Å². The van der Waals surface area contributed by atoms with E-state index in [1.54, 1.807) is 24.3 Å². The molecule has 2 aromatic rings. The van der Waals surface area contributed by atoms with Crippen LogP contribution in [-0.4, -0.2) is 28.1 Å². The zero-order valence-electron chi connectivity index (χ0n) is 10.8. The van der Waals surface area contributed by atoms with Crippen molar-refractivity contribution < 1.29 is 19.6 Å². The Morgan fingerprint density at radius 2 is 2.19 bits per heavy atom. The number of pyridine rings is 1. The molecule has 0 unspecified atom stereocenters. The maximum absolute atomic E-state index is 11.2. The van der Waals surface area contributed by atoms with Gasteiger partial charge in [0.25, 0.3) is 5.69 Å². The molecule has 108 valence electrons. The summed E-state index contributed by atoms with van der Waals surface area (Å²) in [6.07, 6.45) is 1.04. The van der Waals surface area contributed by atoms with Crippen molar-refractivity contribution in [2.75, 3.05) is 7.11 Å². The van der Waals surface area contributed by atoms with Crippen molar-refractivity contribution in [1.82, 2.24) is 4.98 Å². The Hall–Kier alpha value is -2.61. The lowest BCUT2D eigenvalue weighted by molar-refractivity contribution is -0.385. The van der Waals surface area contributed by atoms with Gasteiger partial charge in [0.1, 0.15) is 17.0 Å². The van der Waals surface area contributed by atoms with Gasteiger partial charge in [-0.05, 0) is 18.2 Å². The smallest absolute Gasteiger partial charge is 0.338 e. The van der Waals surface area contributed by atoms with Crippen LogP contribution in [0.25, 0.3) is 0 Å². The summed E-state index contributed by atoms with van der Waals surface area (Å²) in [4.78, 5) is 25.8. The lowest BCUT2D eigenvalue weighted by Gasteiger charge is -2.06. The quantitative estimate of drug-likeness (QED) is 0.669. The normalized spacial score (nSPS) is 10.1. The summed E-state index contributed by atoms with van der Waals surface area (Å²) in [6, 6.07) is 8.00. The van der Waals surface area contributed by atoms with Gasteiger partial charge in [-0.1, -0.05) is 17.8 Å². The third-order valence-corrected chi connectivity index (χ3v) is 3.54. The van der Waals surface area contributed by atoms with Gasteiger partial charge in [-0.3, -0.25) is 10.1 Å². The predicted octanol–water partition coefficient (Wildman–Crippen LogP) is 2.85. The van der Waals surface area contributed by atoms with Crippen LogP contribution in [0.5, 0.6) is 5.75 Å². The van der Waals surface area contributed by atoms with Crippen molar-refractivity contribution in [1.29, 1.82) is 0 Å². The van der Waals surface area contributed by atoms with Gasteiger partial charge in [0, 0.05) is 11.0 Å². The Morgan fingerprint density at radius 3 is 2.81 bits per heavy atom. The summed E-state index contributed by atoms with van der Waals surface area (Å²) in [5.74, 6) is -0.643. The number of carboxylic acids is 1. The lowest BCUT2D eigenvalue weighted by Crippen LogP contribution is -2.02. The second-order valence-corrected chi connectivity index (χ2v) is 4.95. The molecule has 1 aromatic carbocycles. The first-order chi connectivity index (χ1) is 10.0. The molecule has 21 heavy (non-hydrogen) atoms. The maximum atomic E-state index is 11.2. The van der Waals surface area contributed by atoms with Crippen LogP contribution < -0.4 is 4.74 Å². The van der Waals surface area contributed by atoms with Crippen molar-refractivity contribution in [3.63, 3.8) is 0 Å². The number of methoxy groups -OCH3 is 1. The number of aromatic nitrogens is 1. The minimum atomic E-state index is -1.27. The number of hydrogen-bond acceptors (Lipinski definition) is 6. The van der Waals surface area contributed by atoms with E-state index < -0.39 is 10.9 Å². The zero-order valence-corrected chi connectivity index (χ0v) is 11.7. The Bertz CT molecular complexity index is 705. The van der Waals surface area contributed by atoms with Gasteiger partial charge >= 0.3 is 5.97 Å². The Morgan fingerprint density at radius 1 is 1.43 bits per heavy atom. The van der Waals surface area contributed by atoms with Crippen LogP contribution in [0.4, 0.5) is 5.69 Å². The molecule has 0 saturated heterocycles. The molecular formula is C13H10N2O5S. The van der Waals surface area contributed by atoms with E-state index in [4.69, 9.17) is 9.84 Å². The molecule has 1 N–H and O–H groups in total. The highest BCUT2D eigenvalue weighted by Gasteiger charge is 2.18. The number of hydrogen-bond donors (Lipinski definition) is 1. The van der Waals surface area contributed by atoms with Gasteiger partial charge in [0.2, 0.25) is 0 Å². The molecule has 7 nitrogen and oxygen atoms in total. The average molecular weight is 306 g/mol. The summed E-state index contributed by atoms with van der Waals surface area (Å²) < 4.78 is 5.08. The molecule has 0 spiro atoms. The van der Waals surface area contributed by atoms with Gasteiger partial charge in [0.05, 0.1) is 17.6 Å². The number of nitrogens with zero attached hydrogens (tertiary/aromatic N) is 2. The number of rotatable bonds is 5. The maximum Gasteiger partial charge on any atom is 0.338 e. The topological polar surface area (TPSA) is 103 Å². The molecule has 0 fully saturated rings. The SMILES string of the molecule is COc1cccc(Sc2ncc([N+](=O)[O-])cc2C(=O)O)c1. The second-order valence-electron chi connectivity index (χ2n) is 3.89. The number of carbonyl (C=O) groups is 1. The highest BCUT2D eigenvalue weighted by atomic mass is 32.2. The van der Waals surface area contributed by atoms with E-state index in [2.05, 4.69) is 4.98 Å². The van der Waals surface area contributed by atoms with Crippen molar-refractivity contribution in [3.05, 3.63) is 52.2 Å². The van der Waals surface area contributed by atoms with Gasteiger partial charge in [-0.2, -0.15) is 0 Å². The van der Waals surface area contributed by atoms with Crippen LogP contribution in [0.3, 0.4) is 0 Å². The fraction of sp³-hybridized carbons (Fsp3) is 0.0769. The molecule has 8 heteroatoms. The van der Waals surface area contributed by atoms with Crippen molar-refractivity contribution >= 4 is 23.4 Å². The summed E-state index contributed by atoms with van der Waals surface area (Å²) >= 11 is 1.10. The van der Waals surface area contributed by atoms with Crippen LogP contribution in [0, 0.1) is 10.1 Å². The second kappa shape index (κ2) is 6.23. The number of aromatic carboxylic acids is 1. The molecule has 0 saturated carbocycles.